The van der Waals surface area contributed by atoms with Crippen LogP contribution in [0.5, 0.6) is 0 Å². The third-order valence-corrected chi connectivity index (χ3v) is 5.42. The molecule has 3 rings (SSSR count). The second kappa shape index (κ2) is 9.13. The van der Waals surface area contributed by atoms with Crippen LogP contribution in [0.2, 0.25) is 5.02 Å². The summed E-state index contributed by atoms with van der Waals surface area (Å²) < 4.78 is 0. The average molecular weight is 423 g/mol. The Morgan fingerprint density at radius 2 is 2.04 bits per heavy atom. The van der Waals surface area contributed by atoms with E-state index in [1.54, 1.807) is 6.07 Å². The van der Waals surface area contributed by atoms with Crippen LogP contribution in [-0.4, -0.2) is 47.3 Å². The molecule has 2 N–H and O–H groups in total. The van der Waals surface area contributed by atoms with Crippen molar-refractivity contribution >= 4 is 46.1 Å². The molecule has 0 atom stereocenters. The smallest absolute Gasteiger partial charge is 0.294 e. The SMILES string of the molecule is O=C(CN1CCC(NC(=O)c2ccsc2)CC1)Nc1ccc(Cl)cc1[N+](=O)[O-]. The second-order valence-electron chi connectivity index (χ2n) is 6.50. The molecule has 0 unspecified atom stereocenters. The number of piperidine rings is 1. The van der Waals surface area contributed by atoms with Crippen LogP contribution in [0.3, 0.4) is 0 Å². The van der Waals surface area contributed by atoms with E-state index in [1.165, 1.54) is 29.5 Å². The van der Waals surface area contributed by atoms with E-state index >= 15 is 0 Å². The van der Waals surface area contributed by atoms with E-state index in [2.05, 4.69) is 10.6 Å². The highest BCUT2D eigenvalue weighted by molar-refractivity contribution is 7.08. The van der Waals surface area contributed by atoms with Crippen molar-refractivity contribution in [3.05, 3.63) is 55.7 Å². The van der Waals surface area contributed by atoms with Gasteiger partial charge in [0.25, 0.3) is 11.6 Å². The van der Waals surface area contributed by atoms with Gasteiger partial charge < -0.3 is 10.6 Å². The number of hydrogen-bond acceptors (Lipinski definition) is 6. The summed E-state index contributed by atoms with van der Waals surface area (Å²) in [6.45, 7) is 1.44. The number of nitrogens with one attached hydrogen (secondary N) is 2. The lowest BCUT2D eigenvalue weighted by atomic mass is 10.0. The lowest BCUT2D eigenvalue weighted by molar-refractivity contribution is -0.383. The van der Waals surface area contributed by atoms with Crippen LogP contribution < -0.4 is 10.6 Å². The Hall–Kier alpha value is -2.49. The molecule has 0 saturated carbocycles. The molecule has 1 saturated heterocycles. The van der Waals surface area contributed by atoms with Gasteiger partial charge in [-0.2, -0.15) is 11.3 Å². The monoisotopic (exact) mass is 422 g/mol. The van der Waals surface area contributed by atoms with Crippen molar-refractivity contribution in [2.75, 3.05) is 25.0 Å². The van der Waals surface area contributed by atoms with E-state index in [1.807, 2.05) is 15.7 Å². The highest BCUT2D eigenvalue weighted by Crippen LogP contribution is 2.27. The molecule has 1 fully saturated rings. The largest absolute Gasteiger partial charge is 0.349 e. The summed E-state index contributed by atoms with van der Waals surface area (Å²) in [5.74, 6) is -0.404. The number of nitro groups is 1. The molecule has 2 amide bonds. The van der Waals surface area contributed by atoms with Gasteiger partial charge in [0.2, 0.25) is 5.91 Å². The molecular formula is C18H19ClN4O4S. The predicted molar refractivity (Wildman–Crippen MR) is 108 cm³/mol. The third kappa shape index (κ3) is 5.28. The summed E-state index contributed by atoms with van der Waals surface area (Å²) in [5, 5.41) is 20.6. The number of nitrogens with zero attached hydrogens (tertiary/aromatic N) is 2. The van der Waals surface area contributed by atoms with Gasteiger partial charge in [-0.1, -0.05) is 11.6 Å². The fourth-order valence-electron chi connectivity index (χ4n) is 3.05. The van der Waals surface area contributed by atoms with Crippen LogP contribution in [-0.2, 0) is 4.79 Å². The molecule has 8 nitrogen and oxygen atoms in total. The van der Waals surface area contributed by atoms with Crippen molar-refractivity contribution in [1.82, 2.24) is 10.2 Å². The minimum Gasteiger partial charge on any atom is -0.349 e. The molecule has 2 aromatic rings. The van der Waals surface area contributed by atoms with Crippen molar-refractivity contribution < 1.29 is 14.5 Å². The van der Waals surface area contributed by atoms with Crippen LogP contribution in [0, 0.1) is 10.1 Å². The van der Waals surface area contributed by atoms with Crippen molar-refractivity contribution in [2.24, 2.45) is 0 Å². The number of benzene rings is 1. The Kier molecular flexibility index (Phi) is 6.61. The molecule has 2 heterocycles. The molecule has 1 aliphatic heterocycles. The van der Waals surface area contributed by atoms with Gasteiger partial charge in [-0.15, -0.1) is 0 Å². The first kappa shape index (κ1) is 20.2. The van der Waals surface area contributed by atoms with E-state index < -0.39 is 4.92 Å². The quantitative estimate of drug-likeness (QED) is 0.549. The minimum atomic E-state index is -0.580. The van der Waals surface area contributed by atoms with Gasteiger partial charge in [-0.25, -0.2) is 0 Å². The molecule has 10 heteroatoms. The fourth-order valence-corrected chi connectivity index (χ4v) is 3.85. The van der Waals surface area contributed by atoms with E-state index in [4.69, 9.17) is 11.6 Å². The third-order valence-electron chi connectivity index (χ3n) is 4.50. The zero-order valence-corrected chi connectivity index (χ0v) is 16.5. The summed E-state index contributed by atoms with van der Waals surface area (Å²) in [6, 6.07) is 5.98. The summed E-state index contributed by atoms with van der Waals surface area (Å²) in [4.78, 5) is 36.9. The molecule has 1 aromatic carbocycles. The molecule has 148 valence electrons. The number of hydrogen-bond donors (Lipinski definition) is 2. The van der Waals surface area contributed by atoms with E-state index in [-0.39, 0.29) is 40.8 Å². The van der Waals surface area contributed by atoms with Gasteiger partial charge in [0.15, 0.2) is 0 Å². The maximum atomic E-state index is 12.3. The zero-order valence-electron chi connectivity index (χ0n) is 14.9. The number of amides is 2. The summed E-state index contributed by atoms with van der Waals surface area (Å²) in [7, 11) is 0. The number of carbonyl (C=O) groups excluding carboxylic acids is 2. The van der Waals surface area contributed by atoms with Crippen LogP contribution in [0.4, 0.5) is 11.4 Å². The summed E-state index contributed by atoms with van der Waals surface area (Å²) >= 11 is 7.26. The first-order valence-corrected chi connectivity index (χ1v) is 10.0. The van der Waals surface area contributed by atoms with Gasteiger partial charge in [0.1, 0.15) is 5.69 Å². The number of anilines is 1. The van der Waals surface area contributed by atoms with Crippen LogP contribution >= 0.6 is 22.9 Å². The van der Waals surface area contributed by atoms with Crippen LogP contribution in [0.1, 0.15) is 23.2 Å². The average Bonchev–Trinajstić information content (AvgIpc) is 3.19. The van der Waals surface area contributed by atoms with Gasteiger partial charge in [-0.05, 0) is 36.4 Å². The zero-order chi connectivity index (χ0) is 20.1. The maximum Gasteiger partial charge on any atom is 0.294 e. The number of thiophene rings is 1. The molecule has 0 spiro atoms. The Bertz CT molecular complexity index is 866. The number of carbonyl (C=O) groups is 2. The first-order valence-electron chi connectivity index (χ1n) is 8.71. The topological polar surface area (TPSA) is 105 Å². The Morgan fingerprint density at radius 1 is 1.29 bits per heavy atom. The predicted octanol–water partition coefficient (Wildman–Crippen LogP) is 3.14. The second-order valence-corrected chi connectivity index (χ2v) is 7.72. The molecule has 1 aliphatic rings. The number of likely N-dealkylation sites (tertiary alicyclic amines) is 1. The highest BCUT2D eigenvalue weighted by atomic mass is 35.5. The van der Waals surface area contributed by atoms with E-state index in [9.17, 15) is 19.7 Å². The van der Waals surface area contributed by atoms with Gasteiger partial charge in [-0.3, -0.25) is 24.6 Å². The van der Waals surface area contributed by atoms with Crippen LogP contribution in [0.25, 0.3) is 0 Å². The first-order chi connectivity index (χ1) is 13.4. The fraction of sp³-hybridized carbons (Fsp3) is 0.333. The molecule has 0 radical (unpaired) electrons. The summed E-state index contributed by atoms with van der Waals surface area (Å²) in [5.41, 5.74) is 0.546. The number of halogens is 1. The lowest BCUT2D eigenvalue weighted by Gasteiger charge is -2.31. The molecule has 0 aliphatic carbocycles. The lowest BCUT2D eigenvalue weighted by Crippen LogP contribution is -2.46. The highest BCUT2D eigenvalue weighted by Gasteiger charge is 2.23. The molecule has 28 heavy (non-hydrogen) atoms. The Morgan fingerprint density at radius 3 is 2.68 bits per heavy atom. The standard InChI is InChI=1S/C18H19ClN4O4S/c19-13-1-2-15(16(9-13)23(26)27)21-17(24)10-22-6-3-14(4-7-22)20-18(25)12-5-8-28-11-12/h1-2,5,8-9,11,14H,3-4,6-7,10H2,(H,20,25)(H,21,24). The van der Waals surface area contributed by atoms with Crippen molar-refractivity contribution in [3.8, 4) is 0 Å². The normalized spacial score (nSPS) is 15.2. The van der Waals surface area contributed by atoms with Crippen molar-refractivity contribution in [2.45, 2.75) is 18.9 Å². The number of nitro benzene ring substituents is 1. The van der Waals surface area contributed by atoms with E-state index in [0.717, 1.165) is 12.8 Å². The summed E-state index contributed by atoms with van der Waals surface area (Å²) in [6.07, 6.45) is 1.48. The number of rotatable bonds is 6. The molecule has 1 aromatic heterocycles. The van der Waals surface area contributed by atoms with Gasteiger partial charge >= 0.3 is 0 Å². The molecule has 0 bridgehead atoms. The van der Waals surface area contributed by atoms with Gasteiger partial charge in [0, 0.05) is 41.2 Å². The van der Waals surface area contributed by atoms with Gasteiger partial charge in [0.05, 0.1) is 11.5 Å². The molecular weight excluding hydrogens is 404 g/mol. The maximum absolute atomic E-state index is 12.3. The Balaban J connectivity index is 1.48. The van der Waals surface area contributed by atoms with Crippen molar-refractivity contribution in [3.63, 3.8) is 0 Å². The van der Waals surface area contributed by atoms with E-state index in [0.29, 0.717) is 18.7 Å². The Labute approximate surface area is 170 Å². The minimum absolute atomic E-state index is 0.0732. The van der Waals surface area contributed by atoms with Crippen molar-refractivity contribution in [1.29, 1.82) is 0 Å². The van der Waals surface area contributed by atoms with Crippen LogP contribution in [0.15, 0.2) is 35.0 Å².